The summed E-state index contributed by atoms with van der Waals surface area (Å²) in [5.41, 5.74) is 4.41. The Morgan fingerprint density at radius 3 is 2.76 bits per heavy atom. The highest BCUT2D eigenvalue weighted by Crippen LogP contribution is 2.45. The predicted molar refractivity (Wildman–Crippen MR) is 131 cm³/mol. The molecule has 1 saturated heterocycles. The van der Waals surface area contributed by atoms with Crippen molar-refractivity contribution in [2.45, 2.75) is 57.1 Å². The Balaban J connectivity index is 1.48. The lowest BCUT2D eigenvalue weighted by Gasteiger charge is -2.43. The van der Waals surface area contributed by atoms with Crippen molar-refractivity contribution in [3.05, 3.63) is 47.9 Å². The number of hydrogen-bond donors (Lipinski definition) is 1. The van der Waals surface area contributed by atoms with Crippen molar-refractivity contribution in [1.29, 1.82) is 5.26 Å². The van der Waals surface area contributed by atoms with Gasteiger partial charge in [0.15, 0.2) is 0 Å². The molecular weight excluding hydrogens is 426 g/mol. The number of hydrogen-bond acceptors (Lipinski definition) is 6. The maximum absolute atomic E-state index is 12.8. The second kappa shape index (κ2) is 9.19. The number of aliphatic hydroxyl groups excluding tert-OH is 1. The third-order valence-electron chi connectivity index (χ3n) is 7.09. The Kier molecular flexibility index (Phi) is 6.09. The van der Waals surface area contributed by atoms with E-state index in [1.165, 1.54) is 0 Å². The molecule has 1 amide bonds. The first-order chi connectivity index (χ1) is 16.5. The zero-order chi connectivity index (χ0) is 23.8. The van der Waals surface area contributed by atoms with Crippen molar-refractivity contribution in [2.75, 3.05) is 24.5 Å². The maximum atomic E-state index is 12.8. The fourth-order valence-corrected chi connectivity index (χ4v) is 5.03. The van der Waals surface area contributed by atoms with Gasteiger partial charge in [0, 0.05) is 37.3 Å². The largest absolute Gasteiger partial charge is 0.393 e. The van der Waals surface area contributed by atoms with E-state index >= 15 is 0 Å². The Morgan fingerprint density at radius 2 is 2.12 bits per heavy atom. The van der Waals surface area contributed by atoms with Crippen LogP contribution in [-0.2, 0) is 4.79 Å². The Hall–Kier alpha value is -3.24. The lowest BCUT2D eigenvalue weighted by molar-refractivity contribution is -0.136. The van der Waals surface area contributed by atoms with E-state index in [0.29, 0.717) is 37.0 Å². The van der Waals surface area contributed by atoms with Crippen LogP contribution in [-0.4, -0.2) is 57.7 Å². The first kappa shape index (κ1) is 22.5. The van der Waals surface area contributed by atoms with Gasteiger partial charge in [-0.3, -0.25) is 9.78 Å². The molecule has 3 aliphatic rings. The maximum Gasteiger partial charge on any atom is 0.225 e. The van der Waals surface area contributed by atoms with Gasteiger partial charge in [-0.15, -0.1) is 0 Å². The van der Waals surface area contributed by atoms with Crippen molar-refractivity contribution >= 4 is 17.8 Å². The van der Waals surface area contributed by atoms with Crippen LogP contribution in [0.15, 0.2) is 31.0 Å². The SMILES string of the molecule is C=Cc1cc(-c2cc(C#N)c(N3CCN(C(=O)CC(C)O)C(C4CC4)C3)nc2C2CC2)ccn1. The van der Waals surface area contributed by atoms with E-state index in [0.717, 1.165) is 54.0 Å². The van der Waals surface area contributed by atoms with Gasteiger partial charge in [0.1, 0.15) is 11.9 Å². The lowest BCUT2D eigenvalue weighted by atomic mass is 9.98. The summed E-state index contributed by atoms with van der Waals surface area (Å²) in [6, 6.07) is 8.43. The normalized spacial score (nSPS) is 21.1. The number of carbonyl (C=O) groups is 1. The molecule has 176 valence electrons. The molecule has 2 unspecified atom stereocenters. The molecule has 2 saturated carbocycles. The van der Waals surface area contributed by atoms with Gasteiger partial charge >= 0.3 is 0 Å². The standard InChI is InChI=1S/C27H31N5O2/c1-3-22-13-20(8-9-29-22)23-14-21(15-28)27(30-26(23)19-6-7-19)31-10-11-32(25(34)12-17(2)33)24(16-31)18-4-5-18/h3,8-9,13-14,17-19,24,33H,1,4-7,10-12,16H2,2H3. The number of amides is 1. The first-order valence-corrected chi connectivity index (χ1v) is 12.2. The van der Waals surface area contributed by atoms with E-state index in [1.807, 2.05) is 23.1 Å². The molecule has 3 fully saturated rings. The van der Waals surface area contributed by atoms with Crippen LogP contribution in [0, 0.1) is 17.2 Å². The third kappa shape index (κ3) is 4.55. The number of nitrogens with zero attached hydrogens (tertiary/aromatic N) is 5. The van der Waals surface area contributed by atoms with Crippen LogP contribution < -0.4 is 4.90 Å². The van der Waals surface area contributed by atoms with Gasteiger partial charge in [-0.1, -0.05) is 6.58 Å². The summed E-state index contributed by atoms with van der Waals surface area (Å²) in [5.74, 6) is 1.65. The number of nitriles is 1. The topological polar surface area (TPSA) is 93.4 Å². The van der Waals surface area contributed by atoms with Gasteiger partial charge in [-0.05, 0) is 68.4 Å². The number of piperazine rings is 1. The molecule has 0 radical (unpaired) electrons. The minimum atomic E-state index is -0.638. The van der Waals surface area contributed by atoms with Gasteiger partial charge in [0.25, 0.3) is 0 Å². The first-order valence-electron chi connectivity index (χ1n) is 12.2. The highest BCUT2D eigenvalue weighted by atomic mass is 16.3. The second-order valence-electron chi connectivity index (χ2n) is 9.84. The smallest absolute Gasteiger partial charge is 0.225 e. The van der Waals surface area contributed by atoms with Crippen LogP contribution in [0.25, 0.3) is 17.2 Å². The number of anilines is 1. The highest BCUT2D eigenvalue weighted by Gasteiger charge is 2.42. The molecule has 2 aromatic heterocycles. The van der Waals surface area contributed by atoms with Gasteiger partial charge < -0.3 is 14.9 Å². The highest BCUT2D eigenvalue weighted by molar-refractivity contribution is 5.78. The van der Waals surface area contributed by atoms with Crippen molar-refractivity contribution in [2.24, 2.45) is 5.92 Å². The van der Waals surface area contributed by atoms with Crippen molar-refractivity contribution in [3.8, 4) is 17.2 Å². The fourth-order valence-electron chi connectivity index (χ4n) is 5.03. The summed E-state index contributed by atoms with van der Waals surface area (Å²) < 4.78 is 0. The monoisotopic (exact) mass is 457 g/mol. The van der Waals surface area contributed by atoms with Gasteiger partial charge in [0.2, 0.25) is 5.91 Å². The van der Waals surface area contributed by atoms with Crippen molar-refractivity contribution in [1.82, 2.24) is 14.9 Å². The molecule has 34 heavy (non-hydrogen) atoms. The molecule has 0 spiro atoms. The number of aromatic nitrogens is 2. The fraction of sp³-hybridized carbons (Fsp3) is 0.481. The molecule has 5 rings (SSSR count). The van der Waals surface area contributed by atoms with Crippen LogP contribution in [0.4, 0.5) is 5.82 Å². The summed E-state index contributed by atoms with van der Waals surface area (Å²) in [6.07, 6.45) is 7.47. The molecule has 2 aromatic rings. The molecule has 7 heteroatoms. The van der Waals surface area contributed by atoms with E-state index in [4.69, 9.17) is 4.98 Å². The summed E-state index contributed by atoms with van der Waals surface area (Å²) in [5, 5.41) is 19.8. The molecule has 7 nitrogen and oxygen atoms in total. The van der Waals surface area contributed by atoms with Gasteiger partial charge in [-0.25, -0.2) is 4.98 Å². The van der Waals surface area contributed by atoms with E-state index in [-0.39, 0.29) is 18.4 Å². The molecule has 0 aromatic carbocycles. The summed E-state index contributed by atoms with van der Waals surface area (Å²) in [4.78, 5) is 26.4. The summed E-state index contributed by atoms with van der Waals surface area (Å²) in [6.45, 7) is 7.39. The molecule has 2 atom stereocenters. The van der Waals surface area contributed by atoms with E-state index in [1.54, 1.807) is 19.2 Å². The summed E-state index contributed by atoms with van der Waals surface area (Å²) >= 11 is 0. The number of aliphatic hydroxyl groups is 1. The molecule has 1 aliphatic heterocycles. The Morgan fingerprint density at radius 1 is 1.32 bits per heavy atom. The Labute approximate surface area is 200 Å². The minimum Gasteiger partial charge on any atom is -0.393 e. The lowest BCUT2D eigenvalue weighted by Crippen LogP contribution is -2.57. The van der Waals surface area contributed by atoms with E-state index in [2.05, 4.69) is 22.5 Å². The molecule has 3 heterocycles. The van der Waals surface area contributed by atoms with Gasteiger partial charge in [-0.2, -0.15) is 5.26 Å². The zero-order valence-electron chi connectivity index (χ0n) is 19.7. The quantitative estimate of drug-likeness (QED) is 0.681. The van der Waals surface area contributed by atoms with Crippen molar-refractivity contribution < 1.29 is 9.90 Å². The zero-order valence-corrected chi connectivity index (χ0v) is 19.7. The van der Waals surface area contributed by atoms with E-state index in [9.17, 15) is 15.2 Å². The average molecular weight is 458 g/mol. The third-order valence-corrected chi connectivity index (χ3v) is 7.09. The second-order valence-corrected chi connectivity index (χ2v) is 9.84. The number of pyridine rings is 2. The minimum absolute atomic E-state index is 0.0183. The van der Waals surface area contributed by atoms with Crippen LogP contribution >= 0.6 is 0 Å². The summed E-state index contributed by atoms with van der Waals surface area (Å²) in [7, 11) is 0. The van der Waals surface area contributed by atoms with Crippen LogP contribution in [0.5, 0.6) is 0 Å². The molecule has 0 bridgehead atoms. The molecule has 1 N–H and O–H groups in total. The van der Waals surface area contributed by atoms with Crippen LogP contribution in [0.3, 0.4) is 0 Å². The average Bonchev–Trinajstić information content (AvgIpc) is 3.76. The predicted octanol–water partition coefficient (Wildman–Crippen LogP) is 3.73. The van der Waals surface area contributed by atoms with E-state index < -0.39 is 6.10 Å². The number of carbonyl (C=O) groups excluding carboxylic acids is 1. The van der Waals surface area contributed by atoms with Crippen molar-refractivity contribution in [3.63, 3.8) is 0 Å². The van der Waals surface area contributed by atoms with Gasteiger partial charge in [0.05, 0.1) is 35.5 Å². The molecule has 2 aliphatic carbocycles. The Bertz CT molecular complexity index is 1150. The van der Waals surface area contributed by atoms with Crippen LogP contribution in [0.2, 0.25) is 0 Å². The molecular formula is C27H31N5O2. The van der Waals surface area contributed by atoms with Crippen LogP contribution in [0.1, 0.15) is 61.9 Å². The number of rotatable bonds is 7.